The molecule has 4 rings (SSSR count). The molecule has 1 amide bonds. The number of nitrogens with one attached hydrogen (secondary N) is 1. The first-order valence-electron chi connectivity index (χ1n) is 9.42. The molecule has 32 heavy (non-hydrogen) atoms. The minimum Gasteiger partial charge on any atom is -0.305 e. The third kappa shape index (κ3) is 5.13. The van der Waals surface area contributed by atoms with Gasteiger partial charge in [-0.05, 0) is 35.4 Å². The Morgan fingerprint density at radius 1 is 1.06 bits per heavy atom. The van der Waals surface area contributed by atoms with Gasteiger partial charge in [0.1, 0.15) is 12.4 Å². The smallest absolute Gasteiger partial charge is 0.305 e. The molecule has 0 atom stereocenters. The van der Waals surface area contributed by atoms with Crippen LogP contribution in [0.3, 0.4) is 0 Å². The van der Waals surface area contributed by atoms with Crippen LogP contribution in [0.4, 0.5) is 11.5 Å². The quantitative estimate of drug-likeness (QED) is 0.312. The number of hydrogen-bond donors (Lipinski definition) is 1. The highest BCUT2D eigenvalue weighted by molar-refractivity contribution is 6.35. The van der Waals surface area contributed by atoms with E-state index < -0.39 is 4.92 Å². The van der Waals surface area contributed by atoms with Gasteiger partial charge in [0, 0.05) is 27.9 Å². The second kappa shape index (κ2) is 9.21. The van der Waals surface area contributed by atoms with Crippen LogP contribution in [0.25, 0.3) is 0 Å². The van der Waals surface area contributed by atoms with E-state index in [4.69, 9.17) is 23.2 Å². The number of benzene rings is 2. The second-order valence-electron chi connectivity index (χ2n) is 6.94. The first-order chi connectivity index (χ1) is 15.4. The molecule has 1 N–H and O–H groups in total. The van der Waals surface area contributed by atoms with Crippen molar-refractivity contribution in [1.29, 1.82) is 0 Å². The van der Waals surface area contributed by atoms with Crippen LogP contribution in [0.15, 0.2) is 67.1 Å². The summed E-state index contributed by atoms with van der Waals surface area (Å²) in [6.07, 6.45) is 4.29. The number of aromatic nitrogens is 4. The lowest BCUT2D eigenvalue weighted by Crippen LogP contribution is -2.13. The summed E-state index contributed by atoms with van der Waals surface area (Å²) >= 11 is 12.1. The lowest BCUT2D eigenvalue weighted by molar-refractivity contribution is -0.385. The van der Waals surface area contributed by atoms with Gasteiger partial charge in [-0.1, -0.05) is 41.4 Å². The summed E-state index contributed by atoms with van der Waals surface area (Å²) in [5.41, 5.74) is 2.09. The number of hydrogen-bond acceptors (Lipinski definition) is 5. The Hall–Kier alpha value is -3.69. The summed E-state index contributed by atoms with van der Waals surface area (Å²) in [6, 6.07) is 13.8. The molecule has 11 heteroatoms. The van der Waals surface area contributed by atoms with E-state index in [1.165, 1.54) is 17.1 Å². The van der Waals surface area contributed by atoms with Crippen LogP contribution < -0.4 is 5.32 Å². The molecule has 9 nitrogen and oxygen atoms in total. The molecule has 0 aliphatic carbocycles. The van der Waals surface area contributed by atoms with Crippen molar-refractivity contribution in [3.63, 3.8) is 0 Å². The van der Waals surface area contributed by atoms with Gasteiger partial charge in [0.05, 0.1) is 18.0 Å². The maximum Gasteiger partial charge on any atom is 0.307 e. The van der Waals surface area contributed by atoms with Crippen molar-refractivity contribution in [1.82, 2.24) is 19.6 Å². The van der Waals surface area contributed by atoms with Gasteiger partial charge in [0.15, 0.2) is 5.82 Å². The van der Waals surface area contributed by atoms with E-state index in [1.807, 2.05) is 6.07 Å². The Morgan fingerprint density at radius 3 is 2.53 bits per heavy atom. The van der Waals surface area contributed by atoms with Crippen molar-refractivity contribution in [2.24, 2.45) is 0 Å². The molecule has 0 aliphatic heterocycles. The van der Waals surface area contributed by atoms with Crippen LogP contribution in [0.2, 0.25) is 10.0 Å². The zero-order valence-corrected chi connectivity index (χ0v) is 18.0. The molecule has 0 saturated carbocycles. The Balaban J connectivity index is 1.37. The van der Waals surface area contributed by atoms with Gasteiger partial charge >= 0.3 is 5.69 Å². The summed E-state index contributed by atoms with van der Waals surface area (Å²) in [5.74, 6) is 0.106. The van der Waals surface area contributed by atoms with E-state index in [0.717, 1.165) is 11.1 Å². The van der Waals surface area contributed by atoms with Gasteiger partial charge < -0.3 is 5.32 Å². The van der Waals surface area contributed by atoms with Crippen LogP contribution >= 0.6 is 23.2 Å². The third-order valence-corrected chi connectivity index (χ3v) is 5.21. The van der Waals surface area contributed by atoms with Gasteiger partial charge in [0.2, 0.25) is 0 Å². The fourth-order valence-corrected chi connectivity index (χ4v) is 3.48. The number of amides is 1. The number of carbonyl (C=O) groups is 1. The van der Waals surface area contributed by atoms with Crippen molar-refractivity contribution in [2.45, 2.75) is 13.1 Å². The van der Waals surface area contributed by atoms with Crippen molar-refractivity contribution in [3.05, 3.63) is 104 Å². The van der Waals surface area contributed by atoms with E-state index in [1.54, 1.807) is 53.3 Å². The molecular formula is C21H16Cl2N6O3. The molecule has 0 radical (unpaired) electrons. The van der Waals surface area contributed by atoms with E-state index >= 15 is 0 Å². The Kier molecular flexibility index (Phi) is 6.20. The zero-order chi connectivity index (χ0) is 22.7. The highest BCUT2D eigenvalue weighted by Crippen LogP contribution is 2.22. The molecule has 0 aliphatic rings. The average molecular weight is 471 g/mol. The van der Waals surface area contributed by atoms with Crippen molar-refractivity contribution < 1.29 is 9.72 Å². The summed E-state index contributed by atoms with van der Waals surface area (Å²) in [6.45, 7) is 0.791. The maximum atomic E-state index is 12.5. The van der Waals surface area contributed by atoms with Crippen LogP contribution in [-0.2, 0) is 13.1 Å². The lowest BCUT2D eigenvalue weighted by Gasteiger charge is -2.06. The Morgan fingerprint density at radius 2 is 1.84 bits per heavy atom. The monoisotopic (exact) mass is 470 g/mol. The Labute approximate surface area is 192 Å². The molecule has 0 unspecified atom stereocenters. The molecule has 0 fully saturated rings. The molecule has 0 spiro atoms. The minimum atomic E-state index is -0.498. The molecule has 2 heterocycles. The third-order valence-electron chi connectivity index (χ3n) is 4.62. The molecular weight excluding hydrogens is 455 g/mol. The fourth-order valence-electron chi connectivity index (χ4n) is 3.01. The summed E-state index contributed by atoms with van der Waals surface area (Å²) in [5, 5.41) is 22.9. The molecule has 2 aromatic heterocycles. The summed E-state index contributed by atoms with van der Waals surface area (Å²) in [7, 11) is 0. The summed E-state index contributed by atoms with van der Waals surface area (Å²) in [4.78, 5) is 22.8. The van der Waals surface area contributed by atoms with Gasteiger partial charge in [-0.2, -0.15) is 10.2 Å². The SMILES string of the molecule is O=C(Nc1ccn(Cc2ccc(Cl)cc2Cl)n1)c1ccc(Cn2cc([N+](=O)[O-])cn2)cc1. The van der Waals surface area contributed by atoms with Gasteiger partial charge in [-0.3, -0.25) is 24.3 Å². The Bertz CT molecular complexity index is 1280. The predicted octanol–water partition coefficient (Wildman–Crippen LogP) is 4.64. The molecule has 2 aromatic carbocycles. The molecule has 0 saturated heterocycles. The van der Waals surface area contributed by atoms with Gasteiger partial charge in [-0.25, -0.2) is 0 Å². The van der Waals surface area contributed by atoms with Crippen molar-refractivity contribution >= 4 is 40.6 Å². The van der Waals surface area contributed by atoms with E-state index in [0.29, 0.717) is 34.5 Å². The van der Waals surface area contributed by atoms with Crippen LogP contribution in [0, 0.1) is 10.1 Å². The minimum absolute atomic E-state index is 0.0706. The average Bonchev–Trinajstić information content (AvgIpc) is 3.40. The van der Waals surface area contributed by atoms with Gasteiger partial charge in [-0.15, -0.1) is 0 Å². The standard InChI is InChI=1S/C21H16Cl2N6O3/c22-17-6-5-16(19(23)9-17)12-27-8-7-20(26-27)25-21(30)15-3-1-14(2-4-15)11-28-13-18(10-24-28)29(31)32/h1-10,13H,11-12H2,(H,25,26,30). The summed E-state index contributed by atoms with van der Waals surface area (Å²) < 4.78 is 3.13. The first-order valence-corrected chi connectivity index (χ1v) is 10.2. The maximum absolute atomic E-state index is 12.5. The topological polar surface area (TPSA) is 108 Å². The lowest BCUT2D eigenvalue weighted by atomic mass is 10.1. The fraction of sp³-hybridized carbons (Fsp3) is 0.0952. The molecule has 0 bridgehead atoms. The van der Waals surface area contributed by atoms with Crippen molar-refractivity contribution in [2.75, 3.05) is 5.32 Å². The highest BCUT2D eigenvalue weighted by atomic mass is 35.5. The number of carbonyl (C=O) groups excluding carboxylic acids is 1. The second-order valence-corrected chi connectivity index (χ2v) is 7.78. The number of nitro groups is 1. The largest absolute Gasteiger partial charge is 0.307 e. The number of anilines is 1. The number of halogens is 2. The van der Waals surface area contributed by atoms with Crippen molar-refractivity contribution in [3.8, 4) is 0 Å². The van der Waals surface area contributed by atoms with Crippen LogP contribution in [0.1, 0.15) is 21.5 Å². The number of rotatable bonds is 7. The van der Waals surface area contributed by atoms with E-state index in [2.05, 4.69) is 15.5 Å². The zero-order valence-electron chi connectivity index (χ0n) is 16.5. The van der Waals surface area contributed by atoms with Crippen LogP contribution in [0.5, 0.6) is 0 Å². The normalized spacial score (nSPS) is 10.8. The van der Waals surface area contributed by atoms with Crippen LogP contribution in [-0.4, -0.2) is 30.4 Å². The number of nitrogens with zero attached hydrogens (tertiary/aromatic N) is 5. The first kappa shape index (κ1) is 21.5. The predicted molar refractivity (Wildman–Crippen MR) is 120 cm³/mol. The van der Waals surface area contributed by atoms with E-state index in [-0.39, 0.29) is 11.6 Å². The van der Waals surface area contributed by atoms with Gasteiger partial charge in [0.25, 0.3) is 5.91 Å². The van der Waals surface area contributed by atoms with E-state index in [9.17, 15) is 14.9 Å². The molecule has 4 aromatic rings. The highest BCUT2D eigenvalue weighted by Gasteiger charge is 2.11. The molecule has 162 valence electrons.